The number of nitrogens with zero attached hydrogens (tertiary/aromatic N) is 2. The van der Waals surface area contributed by atoms with Crippen molar-refractivity contribution in [2.24, 2.45) is 0 Å². The van der Waals surface area contributed by atoms with Crippen molar-refractivity contribution in [3.8, 4) is 0 Å². The quantitative estimate of drug-likeness (QED) is 0.880. The molecule has 19 heavy (non-hydrogen) atoms. The van der Waals surface area contributed by atoms with Crippen LogP contribution in [0, 0.1) is 0 Å². The van der Waals surface area contributed by atoms with Crippen LogP contribution in [0.15, 0.2) is 18.3 Å². The standard InChI is InChI=1S/C16H25N3/c1-19(15-5-3-2-4-6-15)16-10-7-13(12-18-16)11-17-14-8-9-14/h7,10,12,14-15,17H,2-6,8-9,11H2,1H3. The fourth-order valence-corrected chi connectivity index (χ4v) is 2.93. The van der Waals surface area contributed by atoms with Crippen molar-refractivity contribution in [3.05, 3.63) is 23.9 Å². The van der Waals surface area contributed by atoms with E-state index in [1.54, 1.807) is 0 Å². The van der Waals surface area contributed by atoms with Crippen LogP contribution in [0.1, 0.15) is 50.5 Å². The molecule has 0 aliphatic heterocycles. The molecule has 0 amide bonds. The van der Waals surface area contributed by atoms with Gasteiger partial charge < -0.3 is 10.2 Å². The Morgan fingerprint density at radius 3 is 2.58 bits per heavy atom. The maximum atomic E-state index is 4.64. The first-order chi connectivity index (χ1) is 9.33. The molecule has 0 aromatic carbocycles. The van der Waals surface area contributed by atoms with Crippen molar-refractivity contribution in [1.82, 2.24) is 10.3 Å². The van der Waals surface area contributed by atoms with Gasteiger partial charge in [0.1, 0.15) is 5.82 Å². The van der Waals surface area contributed by atoms with Crippen molar-refractivity contribution in [1.29, 1.82) is 0 Å². The topological polar surface area (TPSA) is 28.2 Å². The van der Waals surface area contributed by atoms with E-state index in [-0.39, 0.29) is 0 Å². The molecule has 2 aliphatic rings. The summed E-state index contributed by atoms with van der Waals surface area (Å²) in [7, 11) is 2.19. The Labute approximate surface area is 116 Å². The highest BCUT2D eigenvalue weighted by Gasteiger charge is 2.20. The maximum absolute atomic E-state index is 4.64. The van der Waals surface area contributed by atoms with E-state index < -0.39 is 0 Å². The van der Waals surface area contributed by atoms with Gasteiger partial charge in [-0.25, -0.2) is 4.98 Å². The minimum Gasteiger partial charge on any atom is -0.357 e. The van der Waals surface area contributed by atoms with E-state index in [1.165, 1.54) is 50.5 Å². The van der Waals surface area contributed by atoms with E-state index in [4.69, 9.17) is 0 Å². The normalized spacial score (nSPS) is 20.5. The summed E-state index contributed by atoms with van der Waals surface area (Å²) in [6, 6.07) is 5.86. The molecule has 2 aliphatic carbocycles. The molecular formula is C16H25N3. The van der Waals surface area contributed by atoms with Gasteiger partial charge in [0.2, 0.25) is 0 Å². The first-order valence-electron chi connectivity index (χ1n) is 7.74. The lowest BCUT2D eigenvalue weighted by Crippen LogP contribution is -2.33. The van der Waals surface area contributed by atoms with Gasteiger partial charge in [-0.15, -0.1) is 0 Å². The van der Waals surface area contributed by atoms with Crippen LogP contribution in [0.4, 0.5) is 5.82 Å². The molecule has 3 nitrogen and oxygen atoms in total. The van der Waals surface area contributed by atoms with Gasteiger partial charge in [-0.3, -0.25) is 0 Å². The van der Waals surface area contributed by atoms with Crippen LogP contribution in [-0.4, -0.2) is 24.1 Å². The molecule has 0 atom stereocenters. The molecule has 0 radical (unpaired) electrons. The average Bonchev–Trinajstić information content (AvgIpc) is 3.30. The first-order valence-corrected chi connectivity index (χ1v) is 7.74. The second-order valence-electron chi connectivity index (χ2n) is 6.08. The molecule has 1 aromatic rings. The third-order valence-electron chi connectivity index (χ3n) is 4.47. The highest BCUT2D eigenvalue weighted by Crippen LogP contribution is 2.25. The lowest BCUT2D eigenvalue weighted by atomic mass is 9.94. The molecular weight excluding hydrogens is 234 g/mol. The van der Waals surface area contributed by atoms with Crippen molar-refractivity contribution in [2.45, 2.75) is 63.6 Å². The molecule has 0 spiro atoms. The molecule has 3 heteroatoms. The van der Waals surface area contributed by atoms with Gasteiger partial charge in [0.05, 0.1) is 0 Å². The predicted octanol–water partition coefficient (Wildman–Crippen LogP) is 3.10. The van der Waals surface area contributed by atoms with Crippen molar-refractivity contribution >= 4 is 5.82 Å². The van der Waals surface area contributed by atoms with E-state index >= 15 is 0 Å². The zero-order valence-corrected chi connectivity index (χ0v) is 11.9. The SMILES string of the molecule is CN(c1ccc(CNC2CC2)cn1)C1CCCCC1. The number of aromatic nitrogens is 1. The molecule has 1 N–H and O–H groups in total. The van der Waals surface area contributed by atoms with Gasteiger partial charge in [-0.05, 0) is 37.3 Å². The zero-order valence-electron chi connectivity index (χ0n) is 11.9. The van der Waals surface area contributed by atoms with Crippen LogP contribution >= 0.6 is 0 Å². The summed E-state index contributed by atoms with van der Waals surface area (Å²) in [6.07, 6.45) is 11.5. The Morgan fingerprint density at radius 2 is 1.95 bits per heavy atom. The maximum Gasteiger partial charge on any atom is 0.128 e. The summed E-state index contributed by atoms with van der Waals surface area (Å²) in [5, 5.41) is 3.53. The highest BCUT2D eigenvalue weighted by molar-refractivity contribution is 5.39. The molecule has 0 unspecified atom stereocenters. The smallest absolute Gasteiger partial charge is 0.128 e. The molecule has 2 fully saturated rings. The molecule has 0 bridgehead atoms. The second-order valence-corrected chi connectivity index (χ2v) is 6.08. The molecule has 2 saturated carbocycles. The predicted molar refractivity (Wildman–Crippen MR) is 79.4 cm³/mol. The Hall–Kier alpha value is -1.09. The fraction of sp³-hybridized carbons (Fsp3) is 0.688. The summed E-state index contributed by atoms with van der Waals surface area (Å²) in [4.78, 5) is 7.01. The number of pyridine rings is 1. The van der Waals surface area contributed by atoms with E-state index in [0.29, 0.717) is 6.04 Å². The summed E-state index contributed by atoms with van der Waals surface area (Å²) in [6.45, 7) is 0.963. The van der Waals surface area contributed by atoms with Crippen LogP contribution in [0.5, 0.6) is 0 Å². The van der Waals surface area contributed by atoms with Crippen LogP contribution < -0.4 is 10.2 Å². The van der Waals surface area contributed by atoms with Crippen LogP contribution in [0.25, 0.3) is 0 Å². The van der Waals surface area contributed by atoms with E-state index in [2.05, 4.69) is 34.4 Å². The van der Waals surface area contributed by atoms with Gasteiger partial charge in [-0.1, -0.05) is 25.3 Å². The number of anilines is 1. The van der Waals surface area contributed by atoms with Gasteiger partial charge >= 0.3 is 0 Å². The highest BCUT2D eigenvalue weighted by atomic mass is 15.2. The van der Waals surface area contributed by atoms with Gasteiger partial charge in [0.15, 0.2) is 0 Å². The zero-order chi connectivity index (χ0) is 13.1. The third-order valence-corrected chi connectivity index (χ3v) is 4.47. The number of rotatable bonds is 5. The van der Waals surface area contributed by atoms with Crippen LogP contribution in [-0.2, 0) is 6.54 Å². The van der Waals surface area contributed by atoms with E-state index in [1.807, 2.05) is 6.20 Å². The fourth-order valence-electron chi connectivity index (χ4n) is 2.93. The Kier molecular flexibility index (Phi) is 4.02. The Morgan fingerprint density at radius 1 is 1.16 bits per heavy atom. The van der Waals surface area contributed by atoms with Gasteiger partial charge in [-0.2, -0.15) is 0 Å². The molecule has 3 rings (SSSR count). The molecule has 0 saturated heterocycles. The average molecular weight is 259 g/mol. The number of hydrogen-bond donors (Lipinski definition) is 1. The minimum absolute atomic E-state index is 0.691. The monoisotopic (exact) mass is 259 g/mol. The van der Waals surface area contributed by atoms with Crippen LogP contribution in [0.3, 0.4) is 0 Å². The summed E-state index contributed by atoms with van der Waals surface area (Å²) < 4.78 is 0. The van der Waals surface area contributed by atoms with Gasteiger partial charge in [0.25, 0.3) is 0 Å². The third kappa shape index (κ3) is 3.47. The first kappa shape index (κ1) is 12.9. The van der Waals surface area contributed by atoms with Crippen molar-refractivity contribution < 1.29 is 0 Å². The summed E-state index contributed by atoms with van der Waals surface area (Å²) in [5.41, 5.74) is 1.30. The molecule has 1 heterocycles. The lowest BCUT2D eigenvalue weighted by molar-refractivity contribution is 0.426. The summed E-state index contributed by atoms with van der Waals surface area (Å²) in [5.74, 6) is 1.13. The van der Waals surface area contributed by atoms with Crippen molar-refractivity contribution in [3.63, 3.8) is 0 Å². The largest absolute Gasteiger partial charge is 0.357 e. The number of nitrogens with one attached hydrogen (secondary N) is 1. The Bertz CT molecular complexity index is 391. The molecule has 104 valence electrons. The second kappa shape index (κ2) is 5.91. The summed E-state index contributed by atoms with van der Waals surface area (Å²) >= 11 is 0. The van der Waals surface area contributed by atoms with E-state index in [9.17, 15) is 0 Å². The van der Waals surface area contributed by atoms with E-state index in [0.717, 1.165) is 18.4 Å². The Balaban J connectivity index is 1.57. The van der Waals surface area contributed by atoms with Crippen LogP contribution in [0.2, 0.25) is 0 Å². The number of hydrogen-bond acceptors (Lipinski definition) is 3. The van der Waals surface area contributed by atoms with Gasteiger partial charge in [0, 0.05) is 31.9 Å². The van der Waals surface area contributed by atoms with Crippen molar-refractivity contribution in [2.75, 3.05) is 11.9 Å². The lowest BCUT2D eigenvalue weighted by Gasteiger charge is -2.32. The minimum atomic E-state index is 0.691. The molecule has 1 aromatic heterocycles.